The van der Waals surface area contributed by atoms with Crippen molar-refractivity contribution in [1.82, 2.24) is 0 Å². The Morgan fingerprint density at radius 3 is 2.61 bits per heavy atom. The number of carbonyl (C=O) groups excluding carboxylic acids is 1. The molecular formula is C29H31ClF3NO2. The summed E-state index contributed by atoms with van der Waals surface area (Å²) in [6.45, 7) is 1.93. The molecule has 0 aromatic heterocycles. The maximum absolute atomic E-state index is 13.1. The highest BCUT2D eigenvalue weighted by Gasteiger charge is 2.62. The maximum Gasteiger partial charge on any atom is 0.457 e. The highest BCUT2D eigenvalue weighted by molar-refractivity contribution is 6.33. The fourth-order valence-electron chi connectivity index (χ4n) is 7.43. The summed E-state index contributed by atoms with van der Waals surface area (Å²) in [6, 6.07) is 5.92. The molecule has 3 nitrogen and oxygen atoms in total. The van der Waals surface area contributed by atoms with Gasteiger partial charge in [0, 0.05) is 37.8 Å². The number of halogens is 4. The van der Waals surface area contributed by atoms with Crippen LogP contribution in [0.4, 0.5) is 18.9 Å². The van der Waals surface area contributed by atoms with Gasteiger partial charge in [-0.05, 0) is 85.3 Å². The first-order chi connectivity index (χ1) is 16.8. The first-order valence-corrected chi connectivity index (χ1v) is 13.0. The Labute approximate surface area is 215 Å². The van der Waals surface area contributed by atoms with E-state index in [1.165, 1.54) is 17.1 Å². The third-order valence-electron chi connectivity index (χ3n) is 9.15. The van der Waals surface area contributed by atoms with Gasteiger partial charge in [-0.25, -0.2) is 0 Å². The fourth-order valence-corrected chi connectivity index (χ4v) is 7.72. The van der Waals surface area contributed by atoms with E-state index in [0.717, 1.165) is 29.7 Å². The van der Waals surface area contributed by atoms with E-state index in [4.69, 9.17) is 11.6 Å². The van der Waals surface area contributed by atoms with Crippen molar-refractivity contribution >= 4 is 23.1 Å². The number of allylic oxidation sites excluding steroid dienone is 4. The molecular weight excluding hydrogens is 487 g/mol. The van der Waals surface area contributed by atoms with E-state index in [0.29, 0.717) is 30.7 Å². The minimum absolute atomic E-state index is 0.0311. The van der Waals surface area contributed by atoms with Crippen LogP contribution >= 0.6 is 11.6 Å². The number of hydrogen-bond donors (Lipinski definition) is 1. The van der Waals surface area contributed by atoms with Gasteiger partial charge < -0.3 is 10.0 Å². The van der Waals surface area contributed by atoms with E-state index in [2.05, 4.69) is 12.0 Å². The van der Waals surface area contributed by atoms with Crippen LogP contribution < -0.4 is 4.90 Å². The van der Waals surface area contributed by atoms with Crippen LogP contribution in [-0.2, 0) is 4.79 Å². The third-order valence-corrected chi connectivity index (χ3v) is 9.47. The summed E-state index contributed by atoms with van der Waals surface area (Å²) in [7, 11) is 3.84. The Balaban J connectivity index is 1.69. The van der Waals surface area contributed by atoms with Gasteiger partial charge in [0.05, 0.1) is 10.7 Å². The van der Waals surface area contributed by atoms with E-state index in [1.807, 2.05) is 38.1 Å². The summed E-state index contributed by atoms with van der Waals surface area (Å²) in [6.07, 6.45) is 1.28. The number of anilines is 1. The van der Waals surface area contributed by atoms with Gasteiger partial charge in [-0.2, -0.15) is 13.2 Å². The quantitative estimate of drug-likeness (QED) is 0.449. The molecule has 5 atom stereocenters. The summed E-state index contributed by atoms with van der Waals surface area (Å²) in [5.74, 6) is 3.89. The van der Waals surface area contributed by atoms with Crippen molar-refractivity contribution in [2.24, 2.45) is 17.3 Å². The number of carbonyl (C=O) groups is 1. The lowest BCUT2D eigenvalue weighted by molar-refractivity contribution is -0.114. The molecule has 0 saturated heterocycles. The lowest BCUT2D eigenvalue weighted by Crippen LogP contribution is -2.51. The van der Waals surface area contributed by atoms with Crippen molar-refractivity contribution in [1.29, 1.82) is 0 Å². The van der Waals surface area contributed by atoms with Gasteiger partial charge in [0.15, 0.2) is 5.78 Å². The zero-order valence-corrected chi connectivity index (χ0v) is 21.6. The summed E-state index contributed by atoms with van der Waals surface area (Å²) in [5, 5.41) is 12.3. The van der Waals surface area contributed by atoms with Crippen molar-refractivity contribution in [3.63, 3.8) is 0 Å². The molecule has 2 saturated carbocycles. The van der Waals surface area contributed by atoms with Gasteiger partial charge in [-0.3, -0.25) is 4.79 Å². The molecule has 192 valence electrons. The molecule has 4 aliphatic rings. The number of aliphatic hydroxyl groups is 1. The van der Waals surface area contributed by atoms with Gasteiger partial charge in [0.1, 0.15) is 5.60 Å². The molecule has 5 rings (SSSR count). The zero-order valence-electron chi connectivity index (χ0n) is 20.8. The van der Waals surface area contributed by atoms with Crippen molar-refractivity contribution in [3.05, 3.63) is 51.6 Å². The second-order valence-electron chi connectivity index (χ2n) is 11.2. The largest absolute Gasteiger partial charge is 0.457 e. The van der Waals surface area contributed by atoms with Crippen LogP contribution in [0.3, 0.4) is 0 Å². The topological polar surface area (TPSA) is 40.5 Å². The number of fused-ring (bicyclic) bond motifs is 4. The van der Waals surface area contributed by atoms with Crippen LogP contribution in [0.2, 0.25) is 5.02 Å². The normalized spacial score (nSPS) is 33.7. The molecule has 0 bridgehead atoms. The first kappa shape index (κ1) is 25.4. The average molecular weight is 518 g/mol. The number of alkyl halides is 3. The first-order valence-electron chi connectivity index (χ1n) is 12.6. The second-order valence-corrected chi connectivity index (χ2v) is 11.7. The van der Waals surface area contributed by atoms with Gasteiger partial charge >= 0.3 is 6.18 Å². The highest BCUT2D eigenvalue weighted by atomic mass is 35.5. The predicted octanol–water partition coefficient (Wildman–Crippen LogP) is 6.60. The number of rotatable bonds is 2. The summed E-state index contributed by atoms with van der Waals surface area (Å²) in [5.41, 5.74) is 3.06. The van der Waals surface area contributed by atoms with Crippen LogP contribution in [0, 0.1) is 29.1 Å². The molecule has 0 radical (unpaired) electrons. The van der Waals surface area contributed by atoms with Crippen LogP contribution in [0.1, 0.15) is 63.4 Å². The van der Waals surface area contributed by atoms with E-state index in [-0.39, 0.29) is 30.0 Å². The smallest absolute Gasteiger partial charge is 0.377 e. The number of ketones is 1. The number of hydrogen-bond acceptors (Lipinski definition) is 3. The molecule has 2 fully saturated rings. The number of benzene rings is 1. The molecule has 1 aromatic rings. The van der Waals surface area contributed by atoms with Crippen LogP contribution in [0.25, 0.3) is 0 Å². The van der Waals surface area contributed by atoms with Crippen LogP contribution in [0.15, 0.2) is 41.0 Å². The van der Waals surface area contributed by atoms with Crippen molar-refractivity contribution in [2.75, 3.05) is 19.0 Å². The molecule has 36 heavy (non-hydrogen) atoms. The van der Waals surface area contributed by atoms with Gasteiger partial charge in [0.2, 0.25) is 0 Å². The lowest BCUT2D eigenvalue weighted by Gasteiger charge is -2.53. The SMILES string of the molecule is CN(C)c1cc([C@H]2C[C@@]3(C)[C@@H](CC[C@@]3(O)C#CC(F)(F)F)[C@@H]3CCC4=CC(=O)CCC4=C32)ccc1Cl. The Bertz CT molecular complexity index is 1240. The summed E-state index contributed by atoms with van der Waals surface area (Å²) in [4.78, 5) is 14.1. The molecule has 7 heteroatoms. The Morgan fingerprint density at radius 1 is 1.17 bits per heavy atom. The zero-order chi connectivity index (χ0) is 26.0. The molecule has 0 amide bonds. The predicted molar refractivity (Wildman–Crippen MR) is 135 cm³/mol. The molecule has 4 aliphatic carbocycles. The van der Waals surface area contributed by atoms with E-state index in [9.17, 15) is 23.1 Å². The van der Waals surface area contributed by atoms with Gasteiger partial charge in [-0.15, -0.1) is 0 Å². The standard InChI is InChI=1S/C29H31ClF3NO2/c1-27-16-22(18-5-9-24(30)25(15-18)34(2)3)26-20-8-6-19(35)14-17(20)4-7-21(26)23(27)10-11-28(27,36)12-13-29(31,32)33/h5,9,14-15,21-23,36H,4,6-8,10-11,16H2,1-3H3/t21-,22+,23-,27-,28+/m0/s1. The Hall–Kier alpha value is -2.23. The second kappa shape index (κ2) is 8.67. The lowest BCUT2D eigenvalue weighted by atomic mass is 9.51. The minimum atomic E-state index is -4.65. The van der Waals surface area contributed by atoms with Crippen molar-refractivity contribution < 1.29 is 23.1 Å². The fraction of sp³-hybridized carbons (Fsp3) is 0.552. The van der Waals surface area contributed by atoms with Crippen LogP contribution in [0.5, 0.6) is 0 Å². The Kier molecular flexibility index (Phi) is 6.12. The average Bonchev–Trinajstić information content (AvgIpc) is 3.07. The third kappa shape index (κ3) is 4.09. The maximum atomic E-state index is 13.1. The van der Waals surface area contributed by atoms with E-state index >= 15 is 0 Å². The molecule has 1 aromatic carbocycles. The van der Waals surface area contributed by atoms with Gasteiger partial charge in [0.25, 0.3) is 0 Å². The van der Waals surface area contributed by atoms with Crippen molar-refractivity contribution in [2.45, 2.75) is 69.6 Å². The summed E-state index contributed by atoms with van der Waals surface area (Å²) >= 11 is 6.47. The molecule has 1 N–H and O–H groups in total. The molecule has 0 aliphatic heterocycles. The molecule has 0 spiro atoms. The van der Waals surface area contributed by atoms with Crippen molar-refractivity contribution in [3.8, 4) is 11.8 Å². The molecule has 0 heterocycles. The van der Waals surface area contributed by atoms with E-state index < -0.39 is 17.2 Å². The summed E-state index contributed by atoms with van der Waals surface area (Å²) < 4.78 is 39.2. The number of nitrogens with zero attached hydrogens (tertiary/aromatic N) is 1. The minimum Gasteiger partial charge on any atom is -0.377 e. The monoisotopic (exact) mass is 517 g/mol. The Morgan fingerprint density at radius 2 is 1.92 bits per heavy atom. The van der Waals surface area contributed by atoms with Gasteiger partial charge in [-0.1, -0.05) is 36.1 Å². The van der Waals surface area contributed by atoms with Crippen LogP contribution in [-0.4, -0.2) is 36.8 Å². The van der Waals surface area contributed by atoms with E-state index in [1.54, 1.807) is 6.08 Å². The highest BCUT2D eigenvalue weighted by Crippen LogP contribution is 2.66. The molecule has 0 unspecified atom stereocenters.